The van der Waals surface area contributed by atoms with Gasteiger partial charge >= 0.3 is 0 Å². The van der Waals surface area contributed by atoms with E-state index in [1.165, 1.54) is 0 Å². The Balaban J connectivity index is 3.36. The number of hydrogen-bond donors (Lipinski definition) is 2. The third-order valence-corrected chi connectivity index (χ3v) is 1.75. The first kappa shape index (κ1) is 8.99. The second kappa shape index (κ2) is 3.10. The number of nitrogens with two attached hydrogens (primary N) is 1. The average molecular weight is 195 g/mol. The Morgan fingerprint density at radius 1 is 1.58 bits per heavy atom. The van der Waals surface area contributed by atoms with E-state index in [9.17, 15) is 13.6 Å². The number of aromatic amines is 1. The van der Waals surface area contributed by atoms with Crippen molar-refractivity contribution in [2.24, 2.45) is 0 Å². The summed E-state index contributed by atoms with van der Waals surface area (Å²) in [6.07, 6.45) is -1.89. The molecule has 0 bridgehead atoms. The molecule has 6 heteroatoms. The molecule has 0 fully saturated rings. The predicted octanol–water partition coefficient (Wildman–Crippen LogP) is 1.55. The molecule has 0 saturated carbocycles. The lowest BCUT2D eigenvalue weighted by molar-refractivity contribution is 0.151. The molecule has 0 radical (unpaired) electrons. The van der Waals surface area contributed by atoms with E-state index in [-0.39, 0.29) is 10.7 Å². The lowest BCUT2D eigenvalue weighted by atomic mass is 10.3. The van der Waals surface area contributed by atoms with E-state index in [2.05, 4.69) is 0 Å². The highest BCUT2D eigenvalue weighted by molar-refractivity contribution is 6.33. The Hall–Kier alpha value is -1.10. The molecule has 0 unspecified atom stereocenters. The molecule has 0 aliphatic carbocycles. The van der Waals surface area contributed by atoms with Crippen molar-refractivity contribution >= 4 is 17.3 Å². The molecule has 1 rings (SSSR count). The Morgan fingerprint density at radius 2 is 2.17 bits per heavy atom. The van der Waals surface area contributed by atoms with Gasteiger partial charge in [-0.3, -0.25) is 4.79 Å². The van der Waals surface area contributed by atoms with Crippen molar-refractivity contribution in [1.29, 1.82) is 0 Å². The van der Waals surface area contributed by atoms with Crippen molar-refractivity contribution < 1.29 is 8.78 Å². The number of hydrogen-bond acceptors (Lipinski definition) is 2. The second-order valence-corrected chi connectivity index (χ2v) is 2.48. The third-order valence-electron chi connectivity index (χ3n) is 1.33. The van der Waals surface area contributed by atoms with Crippen LogP contribution in [0.3, 0.4) is 0 Å². The minimum Gasteiger partial charge on any atom is -0.393 e. The zero-order chi connectivity index (χ0) is 9.30. The van der Waals surface area contributed by atoms with Crippen LogP contribution >= 0.6 is 11.6 Å². The quantitative estimate of drug-likeness (QED) is 0.713. The van der Waals surface area contributed by atoms with E-state index < -0.39 is 17.5 Å². The van der Waals surface area contributed by atoms with Crippen LogP contribution in [0, 0.1) is 0 Å². The standard InChI is InChI=1S/C6H5ClF2N2O/c7-3-2(5(8)9)1-11-6(12)4(3)10/h1,5H,10H2,(H,11,12). The lowest BCUT2D eigenvalue weighted by Crippen LogP contribution is -2.13. The van der Waals surface area contributed by atoms with E-state index in [0.29, 0.717) is 0 Å². The van der Waals surface area contributed by atoms with Crippen LogP contribution in [-0.4, -0.2) is 4.98 Å². The van der Waals surface area contributed by atoms with Crippen molar-refractivity contribution in [2.45, 2.75) is 6.43 Å². The third kappa shape index (κ3) is 1.40. The van der Waals surface area contributed by atoms with Crippen molar-refractivity contribution in [3.63, 3.8) is 0 Å². The monoisotopic (exact) mass is 194 g/mol. The Kier molecular flexibility index (Phi) is 2.32. The summed E-state index contributed by atoms with van der Waals surface area (Å²) in [6, 6.07) is 0. The highest BCUT2D eigenvalue weighted by Gasteiger charge is 2.15. The molecular formula is C6H5ClF2N2O. The Labute approximate surface area is 71.2 Å². The normalized spacial score (nSPS) is 10.7. The minimum absolute atomic E-state index is 0.380. The number of alkyl halides is 2. The molecule has 0 atom stereocenters. The van der Waals surface area contributed by atoms with E-state index in [1.807, 2.05) is 4.98 Å². The van der Waals surface area contributed by atoms with Gasteiger partial charge in [0.2, 0.25) is 0 Å². The van der Waals surface area contributed by atoms with Gasteiger partial charge in [-0.2, -0.15) is 0 Å². The summed E-state index contributed by atoms with van der Waals surface area (Å²) in [6.45, 7) is 0. The maximum Gasteiger partial charge on any atom is 0.272 e. The molecule has 66 valence electrons. The molecule has 0 aliphatic rings. The molecular weight excluding hydrogens is 190 g/mol. The molecule has 1 aromatic rings. The molecule has 3 nitrogen and oxygen atoms in total. The summed E-state index contributed by atoms with van der Waals surface area (Å²) >= 11 is 5.37. The molecule has 0 saturated heterocycles. The van der Waals surface area contributed by atoms with Crippen LogP contribution in [-0.2, 0) is 0 Å². The van der Waals surface area contributed by atoms with E-state index in [0.717, 1.165) is 6.20 Å². The first-order valence-corrected chi connectivity index (χ1v) is 3.36. The average Bonchev–Trinajstić information content (AvgIpc) is 2.00. The number of halogens is 3. The van der Waals surface area contributed by atoms with Crippen LogP contribution in [0.15, 0.2) is 11.0 Å². The minimum atomic E-state index is -2.74. The fourth-order valence-electron chi connectivity index (χ4n) is 0.698. The summed E-state index contributed by atoms with van der Waals surface area (Å²) < 4.78 is 24.2. The number of nitrogens with one attached hydrogen (secondary N) is 1. The number of pyridine rings is 1. The van der Waals surface area contributed by atoms with Gasteiger partial charge in [0, 0.05) is 6.20 Å². The van der Waals surface area contributed by atoms with Gasteiger partial charge in [0.1, 0.15) is 5.69 Å². The van der Waals surface area contributed by atoms with Crippen LogP contribution in [0.5, 0.6) is 0 Å². The van der Waals surface area contributed by atoms with Gasteiger partial charge in [-0.25, -0.2) is 8.78 Å². The summed E-state index contributed by atoms with van der Waals surface area (Å²) in [5.41, 5.74) is 3.60. The largest absolute Gasteiger partial charge is 0.393 e. The van der Waals surface area contributed by atoms with Crippen LogP contribution in [0.1, 0.15) is 12.0 Å². The van der Waals surface area contributed by atoms with E-state index >= 15 is 0 Å². The summed E-state index contributed by atoms with van der Waals surface area (Å²) in [7, 11) is 0. The van der Waals surface area contributed by atoms with Gasteiger partial charge in [-0.05, 0) is 0 Å². The van der Waals surface area contributed by atoms with Crippen molar-refractivity contribution in [3.05, 3.63) is 27.1 Å². The molecule has 0 aromatic carbocycles. The second-order valence-electron chi connectivity index (χ2n) is 2.10. The van der Waals surface area contributed by atoms with E-state index in [4.69, 9.17) is 17.3 Å². The highest BCUT2D eigenvalue weighted by Crippen LogP contribution is 2.27. The Morgan fingerprint density at radius 3 is 2.67 bits per heavy atom. The maximum absolute atomic E-state index is 12.1. The number of H-pyrrole nitrogens is 1. The smallest absolute Gasteiger partial charge is 0.272 e. The van der Waals surface area contributed by atoms with E-state index in [1.54, 1.807) is 0 Å². The summed E-state index contributed by atoms with van der Waals surface area (Å²) in [4.78, 5) is 12.8. The number of rotatable bonds is 1. The van der Waals surface area contributed by atoms with Gasteiger partial charge in [0.05, 0.1) is 10.6 Å². The molecule has 0 spiro atoms. The predicted molar refractivity (Wildman–Crippen MR) is 41.4 cm³/mol. The topological polar surface area (TPSA) is 58.9 Å². The number of aromatic nitrogens is 1. The summed E-state index contributed by atoms with van der Waals surface area (Å²) in [5, 5.41) is -0.381. The van der Waals surface area contributed by atoms with Crippen molar-refractivity contribution in [3.8, 4) is 0 Å². The van der Waals surface area contributed by atoms with Crippen molar-refractivity contribution in [2.75, 3.05) is 5.73 Å². The number of anilines is 1. The van der Waals surface area contributed by atoms with Gasteiger partial charge in [-0.15, -0.1) is 0 Å². The van der Waals surface area contributed by atoms with Crippen LogP contribution in [0.2, 0.25) is 5.02 Å². The maximum atomic E-state index is 12.1. The first-order valence-electron chi connectivity index (χ1n) is 2.98. The van der Waals surface area contributed by atoms with Crippen LogP contribution in [0.25, 0.3) is 0 Å². The van der Waals surface area contributed by atoms with Crippen LogP contribution in [0.4, 0.5) is 14.5 Å². The molecule has 0 amide bonds. The fourth-order valence-corrected chi connectivity index (χ4v) is 0.921. The highest BCUT2D eigenvalue weighted by atomic mass is 35.5. The zero-order valence-electron chi connectivity index (χ0n) is 5.77. The van der Waals surface area contributed by atoms with Crippen molar-refractivity contribution in [1.82, 2.24) is 4.98 Å². The molecule has 0 aliphatic heterocycles. The molecule has 1 heterocycles. The molecule has 12 heavy (non-hydrogen) atoms. The van der Waals surface area contributed by atoms with Gasteiger partial charge in [0.15, 0.2) is 0 Å². The lowest BCUT2D eigenvalue weighted by Gasteiger charge is -2.03. The summed E-state index contributed by atoms with van der Waals surface area (Å²) in [5.74, 6) is 0. The van der Waals surface area contributed by atoms with Crippen LogP contribution < -0.4 is 11.3 Å². The Bertz CT molecular complexity index is 350. The first-order chi connectivity index (χ1) is 5.54. The zero-order valence-corrected chi connectivity index (χ0v) is 6.53. The molecule has 1 aromatic heterocycles. The SMILES string of the molecule is Nc1c(Cl)c(C(F)F)c[nH]c1=O. The van der Waals surface area contributed by atoms with Gasteiger partial charge < -0.3 is 10.7 Å². The molecule has 3 N–H and O–H groups in total. The van der Waals surface area contributed by atoms with Gasteiger partial charge in [-0.1, -0.05) is 11.6 Å². The fraction of sp³-hybridized carbons (Fsp3) is 0.167. The number of nitrogen functional groups attached to an aromatic ring is 1. The van der Waals surface area contributed by atoms with Gasteiger partial charge in [0.25, 0.3) is 12.0 Å².